The molecule has 4 nitrogen and oxygen atoms in total. The third-order valence-electron chi connectivity index (χ3n) is 3.75. The summed E-state index contributed by atoms with van der Waals surface area (Å²) in [5, 5.41) is 13.2. The van der Waals surface area contributed by atoms with Crippen molar-refractivity contribution in [3.8, 4) is 17.0 Å². The molecule has 0 fully saturated rings. The maximum atomic E-state index is 12.3. The number of anilines is 1. The smallest absolute Gasteiger partial charge is 0.120 e. The maximum Gasteiger partial charge on any atom is 0.120 e. The van der Waals surface area contributed by atoms with E-state index in [-0.39, 0.29) is 6.61 Å². The molecule has 0 unspecified atom stereocenters. The summed E-state index contributed by atoms with van der Waals surface area (Å²) in [5.41, 5.74) is 3.84. The Morgan fingerprint density at radius 1 is 1.12 bits per heavy atom. The van der Waals surface area contributed by atoms with E-state index in [1.54, 1.807) is 6.07 Å². The third-order valence-corrected chi connectivity index (χ3v) is 3.75. The van der Waals surface area contributed by atoms with Crippen LogP contribution in [0.1, 0.15) is 0 Å². The van der Waals surface area contributed by atoms with Crippen LogP contribution in [0.2, 0.25) is 0 Å². The number of rotatable bonds is 6. The van der Waals surface area contributed by atoms with Crippen LogP contribution in [0.15, 0.2) is 54.6 Å². The van der Waals surface area contributed by atoms with E-state index in [4.69, 9.17) is 4.74 Å². The Hall–Kier alpha value is -2.66. The Kier molecular flexibility index (Phi) is 4.91. The van der Waals surface area contributed by atoms with Gasteiger partial charge in [0.05, 0.1) is 11.2 Å². The van der Waals surface area contributed by atoms with Crippen molar-refractivity contribution in [2.75, 3.05) is 25.6 Å². The number of aliphatic hydroxyl groups is 1. The number of pyridine rings is 1. The van der Waals surface area contributed by atoms with Crippen LogP contribution in [0, 0.1) is 0 Å². The molecule has 1 atom stereocenters. The van der Waals surface area contributed by atoms with Crippen LogP contribution in [0.5, 0.6) is 5.75 Å². The standard InChI is InChI=1S/C19H19FN2O2/c1-21-15-5-2-13(3-6-15)18-8-4-14-10-17(7-9-19(14)22-18)24-12-16(23)11-20/h2-10,16,21,23H,11-12H2,1H3/t16-/m1/s1. The highest BCUT2D eigenvalue weighted by atomic mass is 19.1. The summed E-state index contributed by atoms with van der Waals surface area (Å²) in [4.78, 5) is 4.67. The number of nitrogens with one attached hydrogen (secondary N) is 1. The number of nitrogens with zero attached hydrogens (tertiary/aromatic N) is 1. The van der Waals surface area contributed by atoms with E-state index < -0.39 is 12.8 Å². The van der Waals surface area contributed by atoms with E-state index in [1.165, 1.54) is 0 Å². The Labute approximate surface area is 139 Å². The van der Waals surface area contributed by atoms with Gasteiger partial charge in [-0.25, -0.2) is 9.37 Å². The van der Waals surface area contributed by atoms with E-state index >= 15 is 0 Å². The Morgan fingerprint density at radius 3 is 2.62 bits per heavy atom. The highest BCUT2D eigenvalue weighted by Crippen LogP contribution is 2.25. The Balaban J connectivity index is 1.83. The minimum Gasteiger partial charge on any atom is -0.491 e. The predicted octanol–water partition coefficient (Wildman–Crippen LogP) is 3.65. The molecule has 24 heavy (non-hydrogen) atoms. The molecule has 2 aromatic carbocycles. The van der Waals surface area contributed by atoms with Crippen molar-refractivity contribution in [1.29, 1.82) is 0 Å². The van der Waals surface area contributed by atoms with Gasteiger partial charge in [-0.15, -0.1) is 0 Å². The lowest BCUT2D eigenvalue weighted by atomic mass is 10.1. The zero-order valence-electron chi connectivity index (χ0n) is 13.4. The molecule has 0 aliphatic rings. The Bertz CT molecular complexity index is 821. The van der Waals surface area contributed by atoms with Crippen molar-refractivity contribution >= 4 is 16.6 Å². The molecule has 0 saturated carbocycles. The second-order valence-electron chi connectivity index (χ2n) is 5.50. The predicted molar refractivity (Wildman–Crippen MR) is 94.2 cm³/mol. The minimum absolute atomic E-state index is 0.0642. The summed E-state index contributed by atoms with van der Waals surface area (Å²) >= 11 is 0. The van der Waals surface area contributed by atoms with Gasteiger partial charge >= 0.3 is 0 Å². The molecular weight excluding hydrogens is 307 g/mol. The van der Waals surface area contributed by atoms with Crippen molar-refractivity contribution in [3.63, 3.8) is 0 Å². The van der Waals surface area contributed by atoms with E-state index in [0.717, 1.165) is 27.8 Å². The van der Waals surface area contributed by atoms with Gasteiger partial charge in [-0.1, -0.05) is 18.2 Å². The topological polar surface area (TPSA) is 54.4 Å². The molecule has 1 heterocycles. The summed E-state index contributed by atoms with van der Waals surface area (Å²) in [6, 6.07) is 17.5. The van der Waals surface area contributed by atoms with Crippen LogP contribution < -0.4 is 10.1 Å². The van der Waals surface area contributed by atoms with Gasteiger partial charge in [-0.05, 0) is 36.4 Å². The fourth-order valence-corrected chi connectivity index (χ4v) is 2.40. The van der Waals surface area contributed by atoms with E-state index in [9.17, 15) is 9.50 Å². The van der Waals surface area contributed by atoms with E-state index in [0.29, 0.717) is 5.75 Å². The monoisotopic (exact) mass is 326 g/mol. The van der Waals surface area contributed by atoms with Gasteiger partial charge in [0.2, 0.25) is 0 Å². The van der Waals surface area contributed by atoms with Crippen LogP contribution in [0.4, 0.5) is 10.1 Å². The number of aromatic nitrogens is 1. The average molecular weight is 326 g/mol. The quantitative estimate of drug-likeness (QED) is 0.726. The van der Waals surface area contributed by atoms with E-state index in [1.807, 2.05) is 55.6 Å². The molecule has 124 valence electrons. The minimum atomic E-state index is -1.10. The second kappa shape index (κ2) is 7.27. The lowest BCUT2D eigenvalue weighted by Crippen LogP contribution is -2.19. The molecule has 0 bridgehead atoms. The van der Waals surface area contributed by atoms with Crippen molar-refractivity contribution in [1.82, 2.24) is 4.98 Å². The Morgan fingerprint density at radius 2 is 1.92 bits per heavy atom. The van der Waals surface area contributed by atoms with Gasteiger partial charge in [-0.3, -0.25) is 0 Å². The normalized spacial score (nSPS) is 12.1. The third kappa shape index (κ3) is 3.63. The number of alkyl halides is 1. The van der Waals surface area contributed by atoms with Gasteiger partial charge in [0.1, 0.15) is 25.1 Å². The maximum absolute atomic E-state index is 12.3. The first-order chi connectivity index (χ1) is 11.7. The lowest BCUT2D eigenvalue weighted by Gasteiger charge is -2.10. The summed E-state index contributed by atoms with van der Waals surface area (Å²) in [5.74, 6) is 0.586. The number of hydrogen-bond donors (Lipinski definition) is 2. The van der Waals surface area contributed by atoms with Crippen LogP contribution >= 0.6 is 0 Å². The second-order valence-corrected chi connectivity index (χ2v) is 5.50. The van der Waals surface area contributed by atoms with Crippen molar-refractivity contribution in [2.45, 2.75) is 6.10 Å². The molecule has 0 spiro atoms. The van der Waals surface area contributed by atoms with Crippen molar-refractivity contribution < 1.29 is 14.2 Å². The molecule has 5 heteroatoms. The molecule has 0 aliphatic heterocycles. The molecule has 3 aromatic rings. The number of benzene rings is 2. The van der Waals surface area contributed by atoms with Gasteiger partial charge in [0, 0.05) is 23.7 Å². The molecule has 3 rings (SSSR count). The highest BCUT2D eigenvalue weighted by molar-refractivity contribution is 5.83. The first kappa shape index (κ1) is 16.2. The molecule has 1 aromatic heterocycles. The summed E-state index contributed by atoms with van der Waals surface area (Å²) in [6.45, 7) is -0.879. The number of fused-ring (bicyclic) bond motifs is 1. The highest BCUT2D eigenvalue weighted by Gasteiger charge is 2.06. The molecule has 0 aliphatic carbocycles. The number of halogens is 1. The summed E-state index contributed by atoms with van der Waals surface area (Å²) < 4.78 is 17.6. The lowest BCUT2D eigenvalue weighted by molar-refractivity contribution is 0.0842. The van der Waals surface area contributed by atoms with Crippen LogP contribution in [-0.4, -0.2) is 36.5 Å². The van der Waals surface area contributed by atoms with Crippen LogP contribution in [0.3, 0.4) is 0 Å². The zero-order valence-corrected chi connectivity index (χ0v) is 13.4. The van der Waals surface area contributed by atoms with Crippen LogP contribution in [-0.2, 0) is 0 Å². The molecule has 0 radical (unpaired) electrons. The average Bonchev–Trinajstić information content (AvgIpc) is 2.65. The first-order valence-corrected chi connectivity index (χ1v) is 7.75. The number of hydrogen-bond acceptors (Lipinski definition) is 4. The fraction of sp³-hybridized carbons (Fsp3) is 0.211. The van der Waals surface area contributed by atoms with Crippen LogP contribution in [0.25, 0.3) is 22.2 Å². The molecule has 2 N–H and O–H groups in total. The van der Waals surface area contributed by atoms with Crippen molar-refractivity contribution in [2.24, 2.45) is 0 Å². The fourth-order valence-electron chi connectivity index (χ4n) is 2.40. The van der Waals surface area contributed by atoms with Gasteiger partial charge < -0.3 is 15.2 Å². The molecular formula is C19H19FN2O2. The first-order valence-electron chi connectivity index (χ1n) is 7.75. The summed E-state index contributed by atoms with van der Waals surface area (Å²) in [7, 11) is 1.88. The SMILES string of the molecule is CNc1ccc(-c2ccc3cc(OC[C@H](O)CF)ccc3n2)cc1. The number of aliphatic hydroxyl groups excluding tert-OH is 1. The number of ether oxygens (including phenoxy) is 1. The van der Waals surface area contributed by atoms with Crippen molar-refractivity contribution in [3.05, 3.63) is 54.6 Å². The van der Waals surface area contributed by atoms with Gasteiger partial charge in [-0.2, -0.15) is 0 Å². The van der Waals surface area contributed by atoms with Gasteiger partial charge in [0.15, 0.2) is 0 Å². The van der Waals surface area contributed by atoms with E-state index in [2.05, 4.69) is 10.3 Å². The largest absolute Gasteiger partial charge is 0.491 e. The zero-order chi connectivity index (χ0) is 16.9. The van der Waals surface area contributed by atoms with Gasteiger partial charge in [0.25, 0.3) is 0 Å². The molecule has 0 saturated heterocycles. The summed E-state index contributed by atoms with van der Waals surface area (Å²) in [6.07, 6.45) is -1.10. The molecule has 0 amide bonds.